The van der Waals surface area contributed by atoms with Crippen molar-refractivity contribution in [3.8, 4) is 5.75 Å². The maximum absolute atomic E-state index is 6.40. The Morgan fingerprint density at radius 3 is 2.85 bits per heavy atom. The maximum atomic E-state index is 6.40. The summed E-state index contributed by atoms with van der Waals surface area (Å²) in [7, 11) is 0. The van der Waals surface area contributed by atoms with E-state index in [1.165, 1.54) is 5.56 Å². The highest BCUT2D eigenvalue weighted by Gasteiger charge is 2.48. The van der Waals surface area contributed by atoms with Crippen LogP contribution in [0.3, 0.4) is 0 Å². The van der Waals surface area contributed by atoms with E-state index in [1.54, 1.807) is 0 Å². The first-order valence-corrected chi connectivity index (χ1v) is 8.11. The SMILES string of the molecule is Cc1cc(Br)cc2c1OC1(C)CC2NC(=S)N1C(C)C. The van der Waals surface area contributed by atoms with Gasteiger partial charge in [0.25, 0.3) is 0 Å². The molecule has 0 aliphatic carbocycles. The minimum absolute atomic E-state index is 0.224. The summed E-state index contributed by atoms with van der Waals surface area (Å²) in [5.74, 6) is 0.993. The molecule has 2 atom stereocenters. The number of hydrogen-bond acceptors (Lipinski definition) is 2. The number of nitrogens with zero attached hydrogens (tertiary/aromatic N) is 1. The minimum Gasteiger partial charge on any atom is -0.467 e. The number of hydrogen-bond donors (Lipinski definition) is 1. The van der Waals surface area contributed by atoms with Gasteiger partial charge in [0.2, 0.25) is 0 Å². The predicted molar refractivity (Wildman–Crippen MR) is 88.0 cm³/mol. The first-order chi connectivity index (χ1) is 9.32. The Labute approximate surface area is 133 Å². The molecule has 1 aromatic carbocycles. The molecular formula is C15H19BrN2OS. The number of ether oxygens (including phenoxy) is 1. The van der Waals surface area contributed by atoms with Gasteiger partial charge < -0.3 is 15.0 Å². The van der Waals surface area contributed by atoms with Crippen LogP contribution < -0.4 is 10.1 Å². The largest absolute Gasteiger partial charge is 0.467 e. The molecule has 108 valence electrons. The summed E-state index contributed by atoms with van der Waals surface area (Å²) in [5, 5.41) is 4.25. The van der Waals surface area contributed by atoms with Gasteiger partial charge >= 0.3 is 0 Å². The van der Waals surface area contributed by atoms with Crippen molar-refractivity contribution in [1.29, 1.82) is 0 Å². The lowest BCUT2D eigenvalue weighted by Gasteiger charge is -2.54. The van der Waals surface area contributed by atoms with Gasteiger partial charge in [0.15, 0.2) is 10.8 Å². The second kappa shape index (κ2) is 4.60. The summed E-state index contributed by atoms with van der Waals surface area (Å²) < 4.78 is 7.48. The summed E-state index contributed by atoms with van der Waals surface area (Å²) >= 11 is 9.12. The predicted octanol–water partition coefficient (Wildman–Crippen LogP) is 3.90. The molecule has 0 saturated carbocycles. The fourth-order valence-corrected chi connectivity index (χ4v) is 4.53. The smallest absolute Gasteiger partial charge is 0.184 e. The van der Waals surface area contributed by atoms with Crippen LogP contribution in [-0.2, 0) is 0 Å². The number of halogens is 1. The quantitative estimate of drug-likeness (QED) is 0.773. The number of thiocarbonyl (C=S) groups is 1. The highest BCUT2D eigenvalue weighted by molar-refractivity contribution is 9.10. The van der Waals surface area contributed by atoms with Gasteiger partial charge in [-0.1, -0.05) is 15.9 Å². The van der Waals surface area contributed by atoms with Crippen LogP contribution >= 0.6 is 28.1 Å². The van der Waals surface area contributed by atoms with Gasteiger partial charge in [0, 0.05) is 22.5 Å². The third kappa shape index (κ3) is 2.02. The second-order valence-corrected chi connectivity index (χ2v) is 7.39. The summed E-state index contributed by atoms with van der Waals surface area (Å²) in [4.78, 5) is 2.17. The van der Waals surface area contributed by atoms with Crippen LogP contribution in [0.15, 0.2) is 16.6 Å². The number of benzene rings is 1. The van der Waals surface area contributed by atoms with Crippen LogP contribution in [0.1, 0.15) is 44.4 Å². The van der Waals surface area contributed by atoms with Crippen molar-refractivity contribution < 1.29 is 4.74 Å². The molecule has 0 spiro atoms. The van der Waals surface area contributed by atoms with Crippen molar-refractivity contribution in [2.75, 3.05) is 0 Å². The van der Waals surface area contributed by atoms with Crippen LogP contribution in [0.4, 0.5) is 0 Å². The van der Waals surface area contributed by atoms with Gasteiger partial charge in [0.1, 0.15) is 5.75 Å². The molecule has 0 amide bonds. The van der Waals surface area contributed by atoms with Crippen molar-refractivity contribution in [3.63, 3.8) is 0 Å². The Morgan fingerprint density at radius 2 is 2.20 bits per heavy atom. The van der Waals surface area contributed by atoms with Crippen molar-refractivity contribution in [3.05, 3.63) is 27.7 Å². The lowest BCUT2D eigenvalue weighted by molar-refractivity contribution is -0.0812. The Balaban J connectivity index is 2.13. The van der Waals surface area contributed by atoms with Gasteiger partial charge in [-0.15, -0.1) is 0 Å². The van der Waals surface area contributed by atoms with Crippen LogP contribution in [0.5, 0.6) is 5.75 Å². The minimum atomic E-state index is -0.368. The molecule has 1 aromatic rings. The molecule has 2 aliphatic heterocycles. The Hall–Kier alpha value is -0.810. The van der Waals surface area contributed by atoms with E-state index in [1.807, 2.05) is 0 Å². The second-order valence-electron chi connectivity index (χ2n) is 6.09. The molecule has 1 fully saturated rings. The van der Waals surface area contributed by atoms with Gasteiger partial charge in [-0.3, -0.25) is 0 Å². The van der Waals surface area contributed by atoms with E-state index in [-0.39, 0.29) is 11.8 Å². The molecule has 0 aromatic heterocycles. The average Bonchev–Trinajstić information content (AvgIpc) is 2.29. The zero-order chi connectivity index (χ0) is 14.7. The molecule has 20 heavy (non-hydrogen) atoms. The topological polar surface area (TPSA) is 24.5 Å². The monoisotopic (exact) mass is 354 g/mol. The van der Waals surface area contributed by atoms with Crippen molar-refractivity contribution in [2.24, 2.45) is 0 Å². The molecule has 3 rings (SSSR count). The number of fused-ring (bicyclic) bond motifs is 4. The highest BCUT2D eigenvalue weighted by Crippen LogP contribution is 2.46. The summed E-state index contributed by atoms with van der Waals surface area (Å²) in [6.45, 7) is 8.52. The molecule has 2 aliphatic rings. The van der Waals surface area contributed by atoms with E-state index >= 15 is 0 Å². The van der Waals surface area contributed by atoms with Gasteiger partial charge in [-0.25, -0.2) is 0 Å². The van der Waals surface area contributed by atoms with Gasteiger partial charge in [-0.2, -0.15) is 0 Å². The van der Waals surface area contributed by atoms with Crippen molar-refractivity contribution in [1.82, 2.24) is 10.2 Å². The van der Waals surface area contributed by atoms with Crippen LogP contribution in [0.25, 0.3) is 0 Å². The van der Waals surface area contributed by atoms with E-state index < -0.39 is 0 Å². The fraction of sp³-hybridized carbons (Fsp3) is 0.533. The number of aryl methyl sites for hydroxylation is 1. The van der Waals surface area contributed by atoms with Crippen molar-refractivity contribution in [2.45, 2.75) is 51.9 Å². The van der Waals surface area contributed by atoms with E-state index in [0.29, 0.717) is 6.04 Å². The van der Waals surface area contributed by atoms with Crippen LogP contribution in [-0.4, -0.2) is 21.8 Å². The highest BCUT2D eigenvalue weighted by atomic mass is 79.9. The first kappa shape index (κ1) is 14.1. The Bertz CT molecular complexity index is 589. The van der Waals surface area contributed by atoms with E-state index in [0.717, 1.165) is 27.3 Å². The molecule has 2 unspecified atom stereocenters. The van der Waals surface area contributed by atoms with E-state index in [2.05, 4.69) is 66.0 Å². The molecule has 3 nitrogen and oxygen atoms in total. The Kier molecular flexibility index (Phi) is 3.25. The van der Waals surface area contributed by atoms with Gasteiger partial charge in [-0.05, 0) is 57.6 Å². The van der Waals surface area contributed by atoms with E-state index in [4.69, 9.17) is 17.0 Å². The molecular weight excluding hydrogens is 336 g/mol. The average molecular weight is 355 g/mol. The zero-order valence-electron chi connectivity index (χ0n) is 12.2. The molecule has 1 saturated heterocycles. The van der Waals surface area contributed by atoms with Crippen LogP contribution in [0.2, 0.25) is 0 Å². The van der Waals surface area contributed by atoms with E-state index in [9.17, 15) is 0 Å². The summed E-state index contributed by atoms with van der Waals surface area (Å²) in [6.07, 6.45) is 0.897. The summed E-state index contributed by atoms with van der Waals surface area (Å²) in [5.41, 5.74) is 1.98. The zero-order valence-corrected chi connectivity index (χ0v) is 14.6. The third-order valence-electron chi connectivity index (χ3n) is 4.09. The standard InChI is InChI=1S/C15H19BrN2OS/c1-8(2)18-14(20)17-12-7-15(18,4)19-13-9(3)5-10(16)6-11(12)13/h5-6,8,12H,7H2,1-4H3,(H,17,20). The summed E-state index contributed by atoms with van der Waals surface area (Å²) in [6, 6.07) is 4.76. The molecule has 0 radical (unpaired) electrons. The maximum Gasteiger partial charge on any atom is 0.184 e. The molecule has 1 N–H and O–H groups in total. The third-order valence-corrected chi connectivity index (χ3v) is 4.86. The van der Waals surface area contributed by atoms with Gasteiger partial charge in [0.05, 0.1) is 6.04 Å². The number of rotatable bonds is 1. The molecule has 5 heteroatoms. The lowest BCUT2D eigenvalue weighted by Crippen LogP contribution is -2.66. The normalized spacial score (nSPS) is 28.0. The lowest BCUT2D eigenvalue weighted by atomic mass is 9.89. The van der Waals surface area contributed by atoms with Crippen LogP contribution in [0, 0.1) is 6.92 Å². The Morgan fingerprint density at radius 1 is 1.50 bits per heavy atom. The fourth-order valence-electron chi connectivity index (χ4n) is 3.39. The first-order valence-electron chi connectivity index (χ1n) is 6.91. The van der Waals surface area contributed by atoms with Crippen molar-refractivity contribution >= 4 is 33.3 Å². The number of nitrogens with one attached hydrogen (secondary N) is 1. The molecule has 2 heterocycles. The molecule has 2 bridgehead atoms.